The van der Waals surface area contributed by atoms with Gasteiger partial charge in [-0.1, -0.05) is 0 Å². The van der Waals surface area contributed by atoms with Gasteiger partial charge in [-0.3, -0.25) is 0 Å². The summed E-state index contributed by atoms with van der Waals surface area (Å²) in [4.78, 5) is 13.0. The van der Waals surface area contributed by atoms with Crippen LogP contribution in [0.4, 0.5) is 23.7 Å². The first kappa shape index (κ1) is 16.3. The number of anilines is 1. The SMILES string of the molecule is COCCN(CCO)C(=O)Nc1cc(F)c(F)c(F)c1. The third kappa shape index (κ3) is 4.39. The fourth-order valence-electron chi connectivity index (χ4n) is 1.47. The standard InChI is InChI=1S/C12H15F3N2O3/c1-20-5-3-17(2-4-18)12(19)16-8-6-9(13)11(15)10(14)7-8/h6-7,18H,2-5H2,1H3,(H,16,19). The summed E-state index contributed by atoms with van der Waals surface area (Å²) in [7, 11) is 1.44. The molecule has 112 valence electrons. The van der Waals surface area contributed by atoms with Gasteiger partial charge in [0.2, 0.25) is 0 Å². The van der Waals surface area contributed by atoms with E-state index in [0.717, 1.165) is 0 Å². The topological polar surface area (TPSA) is 61.8 Å². The lowest BCUT2D eigenvalue weighted by molar-refractivity contribution is 0.142. The number of methoxy groups -OCH3 is 1. The Balaban J connectivity index is 2.76. The van der Waals surface area contributed by atoms with E-state index < -0.39 is 23.5 Å². The molecule has 0 aliphatic rings. The van der Waals surface area contributed by atoms with Crippen LogP contribution in [-0.4, -0.2) is 49.5 Å². The number of urea groups is 1. The Labute approximate surface area is 113 Å². The van der Waals surface area contributed by atoms with Gasteiger partial charge in [0.1, 0.15) is 0 Å². The number of hydrogen-bond donors (Lipinski definition) is 2. The van der Waals surface area contributed by atoms with Gasteiger partial charge in [0, 0.05) is 38.0 Å². The Morgan fingerprint density at radius 2 is 1.90 bits per heavy atom. The number of aliphatic hydroxyl groups excluding tert-OH is 1. The molecule has 20 heavy (non-hydrogen) atoms. The van der Waals surface area contributed by atoms with Gasteiger partial charge in [0.15, 0.2) is 17.5 Å². The van der Waals surface area contributed by atoms with Crippen LogP contribution in [0.1, 0.15) is 0 Å². The number of carbonyl (C=O) groups is 1. The molecule has 0 saturated heterocycles. The maximum Gasteiger partial charge on any atom is 0.322 e. The van der Waals surface area contributed by atoms with Crippen molar-refractivity contribution in [3.05, 3.63) is 29.6 Å². The van der Waals surface area contributed by atoms with E-state index in [9.17, 15) is 18.0 Å². The molecule has 0 saturated carbocycles. The summed E-state index contributed by atoms with van der Waals surface area (Å²) in [5.74, 6) is -4.40. The number of halogens is 3. The minimum Gasteiger partial charge on any atom is -0.395 e. The molecule has 1 rings (SSSR count). The Morgan fingerprint density at radius 1 is 1.30 bits per heavy atom. The van der Waals surface area contributed by atoms with Gasteiger partial charge in [-0.15, -0.1) is 0 Å². The predicted molar refractivity (Wildman–Crippen MR) is 65.9 cm³/mol. The van der Waals surface area contributed by atoms with E-state index in [1.165, 1.54) is 12.0 Å². The molecule has 1 aromatic carbocycles. The van der Waals surface area contributed by atoms with E-state index in [-0.39, 0.29) is 32.0 Å². The molecule has 2 amide bonds. The van der Waals surface area contributed by atoms with E-state index >= 15 is 0 Å². The number of nitrogens with zero attached hydrogens (tertiary/aromatic N) is 1. The first-order valence-corrected chi connectivity index (χ1v) is 5.79. The fraction of sp³-hybridized carbons (Fsp3) is 0.417. The summed E-state index contributed by atoms with van der Waals surface area (Å²) in [6.45, 7) is 0.180. The van der Waals surface area contributed by atoms with E-state index in [4.69, 9.17) is 9.84 Å². The third-order valence-corrected chi connectivity index (χ3v) is 2.46. The van der Waals surface area contributed by atoms with Gasteiger partial charge in [-0.25, -0.2) is 18.0 Å². The fourth-order valence-corrected chi connectivity index (χ4v) is 1.47. The zero-order valence-electron chi connectivity index (χ0n) is 10.8. The predicted octanol–water partition coefficient (Wildman–Crippen LogP) is 1.58. The summed E-state index contributed by atoms with van der Waals surface area (Å²) < 4.78 is 43.6. The highest BCUT2D eigenvalue weighted by Crippen LogP contribution is 2.17. The minimum absolute atomic E-state index is 0.0291. The Kier molecular flexibility index (Phi) is 6.26. The number of amides is 2. The van der Waals surface area contributed by atoms with Gasteiger partial charge < -0.3 is 20.1 Å². The van der Waals surface area contributed by atoms with Crippen LogP contribution in [0.25, 0.3) is 0 Å². The molecular formula is C12H15F3N2O3. The lowest BCUT2D eigenvalue weighted by Crippen LogP contribution is -2.39. The molecule has 8 heteroatoms. The second-order valence-corrected chi connectivity index (χ2v) is 3.89. The Bertz CT molecular complexity index is 448. The molecule has 0 radical (unpaired) electrons. The van der Waals surface area contributed by atoms with Crippen LogP contribution in [-0.2, 0) is 4.74 Å². The smallest absolute Gasteiger partial charge is 0.322 e. The molecule has 0 atom stereocenters. The normalized spacial score (nSPS) is 10.4. The maximum absolute atomic E-state index is 13.0. The zero-order valence-corrected chi connectivity index (χ0v) is 10.8. The maximum atomic E-state index is 13.0. The van der Waals surface area contributed by atoms with Crippen molar-refractivity contribution in [3.63, 3.8) is 0 Å². The third-order valence-electron chi connectivity index (χ3n) is 2.46. The van der Waals surface area contributed by atoms with Crippen molar-refractivity contribution in [2.24, 2.45) is 0 Å². The van der Waals surface area contributed by atoms with Crippen molar-refractivity contribution < 1.29 is 27.8 Å². The summed E-state index contributed by atoms with van der Waals surface area (Å²) in [5, 5.41) is 11.1. The van der Waals surface area contributed by atoms with Crippen LogP contribution in [0.2, 0.25) is 0 Å². The van der Waals surface area contributed by atoms with Crippen LogP contribution in [0, 0.1) is 17.5 Å². The number of benzene rings is 1. The van der Waals surface area contributed by atoms with Crippen molar-refractivity contribution >= 4 is 11.7 Å². The van der Waals surface area contributed by atoms with Crippen LogP contribution in [0.15, 0.2) is 12.1 Å². The summed E-state index contributed by atoms with van der Waals surface area (Å²) in [6.07, 6.45) is 0. The number of hydrogen-bond acceptors (Lipinski definition) is 3. The molecule has 0 aliphatic carbocycles. The first-order chi connectivity index (χ1) is 9.49. The van der Waals surface area contributed by atoms with Crippen molar-refractivity contribution in [1.29, 1.82) is 0 Å². The van der Waals surface area contributed by atoms with Crippen LogP contribution < -0.4 is 5.32 Å². The molecule has 0 bridgehead atoms. The number of aliphatic hydroxyl groups is 1. The number of rotatable bonds is 6. The summed E-state index contributed by atoms with van der Waals surface area (Å²) in [5.41, 5.74) is -0.216. The molecular weight excluding hydrogens is 277 g/mol. The van der Waals surface area contributed by atoms with E-state index in [0.29, 0.717) is 12.1 Å². The van der Waals surface area contributed by atoms with E-state index in [2.05, 4.69) is 5.32 Å². The number of ether oxygens (including phenoxy) is 1. The van der Waals surface area contributed by atoms with E-state index in [1.54, 1.807) is 0 Å². The van der Waals surface area contributed by atoms with Gasteiger partial charge >= 0.3 is 6.03 Å². The first-order valence-electron chi connectivity index (χ1n) is 5.79. The highest BCUT2D eigenvalue weighted by molar-refractivity contribution is 5.89. The van der Waals surface area contributed by atoms with Crippen LogP contribution in [0.5, 0.6) is 0 Å². The number of nitrogens with one attached hydrogen (secondary N) is 1. The minimum atomic E-state index is -1.60. The molecule has 2 N–H and O–H groups in total. The second kappa shape index (κ2) is 7.71. The molecule has 5 nitrogen and oxygen atoms in total. The highest BCUT2D eigenvalue weighted by atomic mass is 19.2. The average molecular weight is 292 g/mol. The largest absolute Gasteiger partial charge is 0.395 e. The summed E-state index contributed by atoms with van der Waals surface area (Å²) >= 11 is 0. The highest BCUT2D eigenvalue weighted by Gasteiger charge is 2.16. The molecule has 0 spiro atoms. The van der Waals surface area contributed by atoms with Crippen molar-refractivity contribution in [2.45, 2.75) is 0 Å². The average Bonchev–Trinajstić information content (AvgIpc) is 2.40. The molecule has 0 aliphatic heterocycles. The zero-order chi connectivity index (χ0) is 15.1. The van der Waals surface area contributed by atoms with Gasteiger partial charge in [-0.05, 0) is 0 Å². The van der Waals surface area contributed by atoms with Gasteiger partial charge in [0.25, 0.3) is 0 Å². The molecule has 0 fully saturated rings. The van der Waals surface area contributed by atoms with Crippen molar-refractivity contribution in [2.75, 3.05) is 38.7 Å². The lowest BCUT2D eigenvalue weighted by atomic mass is 10.3. The summed E-state index contributed by atoms with van der Waals surface area (Å²) in [6, 6.07) is 0.662. The quantitative estimate of drug-likeness (QED) is 0.783. The van der Waals surface area contributed by atoms with Gasteiger partial charge in [0.05, 0.1) is 13.2 Å². The molecule has 0 aromatic heterocycles. The lowest BCUT2D eigenvalue weighted by Gasteiger charge is -2.21. The molecule has 1 aromatic rings. The van der Waals surface area contributed by atoms with Gasteiger partial charge in [-0.2, -0.15) is 0 Å². The van der Waals surface area contributed by atoms with Crippen LogP contribution >= 0.6 is 0 Å². The molecule has 0 heterocycles. The van der Waals surface area contributed by atoms with Crippen molar-refractivity contribution in [3.8, 4) is 0 Å². The second-order valence-electron chi connectivity index (χ2n) is 3.89. The van der Waals surface area contributed by atoms with E-state index in [1.807, 2.05) is 0 Å². The van der Waals surface area contributed by atoms with Crippen molar-refractivity contribution in [1.82, 2.24) is 4.90 Å². The number of carbonyl (C=O) groups excluding carboxylic acids is 1. The van der Waals surface area contributed by atoms with Crippen LogP contribution in [0.3, 0.4) is 0 Å². The Morgan fingerprint density at radius 3 is 2.40 bits per heavy atom. The monoisotopic (exact) mass is 292 g/mol. The Hall–Kier alpha value is -1.80. The molecule has 0 unspecified atom stereocenters.